The summed E-state index contributed by atoms with van der Waals surface area (Å²) in [4.78, 5) is 19.8. The predicted molar refractivity (Wildman–Crippen MR) is 57.0 cm³/mol. The topological polar surface area (TPSA) is 52.1 Å². The molecule has 82 valence electrons. The predicted octanol–water partition coefficient (Wildman–Crippen LogP) is 1.88. The minimum Gasteiger partial charge on any atom is -0.481 e. The van der Waals surface area contributed by atoms with Gasteiger partial charge in [-0.15, -0.1) is 0 Å². The number of aryl methyl sites for hydroxylation is 1. The van der Waals surface area contributed by atoms with Gasteiger partial charge in [0.2, 0.25) is 5.88 Å². The van der Waals surface area contributed by atoms with Crippen molar-refractivity contribution < 1.29 is 9.53 Å². The highest BCUT2D eigenvalue weighted by Gasteiger charge is 2.16. The summed E-state index contributed by atoms with van der Waals surface area (Å²) in [6, 6.07) is 1.71. The maximum Gasteiger partial charge on any atom is 0.216 e. The molecule has 4 nitrogen and oxygen atoms in total. The van der Waals surface area contributed by atoms with Crippen LogP contribution in [0, 0.1) is 6.92 Å². The zero-order valence-electron chi connectivity index (χ0n) is 9.57. The van der Waals surface area contributed by atoms with E-state index >= 15 is 0 Å². The number of ketones is 1. The van der Waals surface area contributed by atoms with Gasteiger partial charge in [-0.1, -0.05) is 6.92 Å². The molecule has 0 aliphatic carbocycles. The summed E-state index contributed by atoms with van der Waals surface area (Å²) in [6.07, 6.45) is 0.520. The van der Waals surface area contributed by atoms with Gasteiger partial charge in [-0.25, -0.2) is 4.98 Å². The quantitative estimate of drug-likeness (QED) is 0.758. The van der Waals surface area contributed by atoms with Crippen LogP contribution in [-0.4, -0.2) is 22.9 Å². The highest BCUT2D eigenvalue weighted by molar-refractivity contribution is 5.84. The van der Waals surface area contributed by atoms with Gasteiger partial charge < -0.3 is 4.74 Å². The van der Waals surface area contributed by atoms with E-state index in [1.165, 1.54) is 0 Å². The summed E-state index contributed by atoms with van der Waals surface area (Å²) in [5.74, 6) is 1.12. The van der Waals surface area contributed by atoms with E-state index in [0.717, 1.165) is 5.69 Å². The van der Waals surface area contributed by atoms with Crippen LogP contribution in [0.4, 0.5) is 0 Å². The van der Waals surface area contributed by atoms with Crippen molar-refractivity contribution in [3.8, 4) is 5.88 Å². The van der Waals surface area contributed by atoms with Gasteiger partial charge in [0.05, 0.1) is 18.7 Å². The molecule has 0 aromatic carbocycles. The third kappa shape index (κ3) is 2.75. The maximum absolute atomic E-state index is 11.5. The average Bonchev–Trinajstić information content (AvgIpc) is 2.26. The van der Waals surface area contributed by atoms with E-state index in [1.807, 2.05) is 13.8 Å². The minimum absolute atomic E-state index is 0.176. The second-order valence-corrected chi connectivity index (χ2v) is 3.42. The lowest BCUT2D eigenvalue weighted by Gasteiger charge is -2.10. The molecule has 15 heavy (non-hydrogen) atoms. The van der Waals surface area contributed by atoms with Crippen molar-refractivity contribution in [2.75, 3.05) is 7.11 Å². The van der Waals surface area contributed by atoms with E-state index in [4.69, 9.17) is 4.74 Å². The lowest BCUT2D eigenvalue weighted by atomic mass is 10.0. The molecular formula is C11H16N2O2. The fourth-order valence-electron chi connectivity index (χ4n) is 1.36. The first kappa shape index (κ1) is 11.6. The summed E-state index contributed by atoms with van der Waals surface area (Å²) < 4.78 is 5.04. The third-order valence-electron chi connectivity index (χ3n) is 2.32. The van der Waals surface area contributed by atoms with Crippen LogP contribution in [0.3, 0.4) is 0 Å². The number of hydrogen-bond donors (Lipinski definition) is 0. The second kappa shape index (κ2) is 4.87. The lowest BCUT2D eigenvalue weighted by Crippen LogP contribution is -2.10. The molecule has 1 unspecified atom stereocenters. The van der Waals surface area contributed by atoms with E-state index in [0.29, 0.717) is 18.1 Å². The van der Waals surface area contributed by atoms with Crippen molar-refractivity contribution in [2.24, 2.45) is 0 Å². The first-order valence-electron chi connectivity index (χ1n) is 5.00. The van der Waals surface area contributed by atoms with Crippen molar-refractivity contribution in [3.63, 3.8) is 0 Å². The van der Waals surface area contributed by atoms with Gasteiger partial charge in [-0.2, -0.15) is 4.98 Å². The Balaban J connectivity index is 3.03. The molecule has 0 amide bonds. The third-order valence-corrected chi connectivity index (χ3v) is 2.32. The van der Waals surface area contributed by atoms with Gasteiger partial charge in [-0.05, 0) is 13.8 Å². The van der Waals surface area contributed by atoms with Gasteiger partial charge in [0.1, 0.15) is 11.6 Å². The number of carbonyl (C=O) groups excluding carboxylic acids is 1. The molecule has 1 rings (SSSR count). The van der Waals surface area contributed by atoms with Crippen LogP contribution in [0.25, 0.3) is 0 Å². The molecule has 4 heteroatoms. The summed E-state index contributed by atoms with van der Waals surface area (Å²) in [5.41, 5.74) is 0.728. The molecule has 0 aliphatic rings. The Labute approximate surface area is 89.7 Å². The van der Waals surface area contributed by atoms with Crippen LogP contribution in [0.15, 0.2) is 6.07 Å². The molecule has 1 aromatic heterocycles. The van der Waals surface area contributed by atoms with E-state index in [9.17, 15) is 4.79 Å². The van der Waals surface area contributed by atoms with E-state index < -0.39 is 0 Å². The van der Waals surface area contributed by atoms with Crippen LogP contribution in [0.2, 0.25) is 0 Å². The van der Waals surface area contributed by atoms with Crippen molar-refractivity contribution in [2.45, 2.75) is 33.1 Å². The molecule has 0 N–H and O–H groups in total. The van der Waals surface area contributed by atoms with Gasteiger partial charge >= 0.3 is 0 Å². The monoisotopic (exact) mass is 208 g/mol. The van der Waals surface area contributed by atoms with Crippen LogP contribution >= 0.6 is 0 Å². The zero-order chi connectivity index (χ0) is 11.4. The first-order chi connectivity index (χ1) is 7.08. The molecule has 0 fully saturated rings. The summed E-state index contributed by atoms with van der Waals surface area (Å²) in [5, 5.41) is 0. The number of Topliss-reactive ketones (excluding diaryl/α,β-unsaturated/α-hetero) is 1. The summed E-state index contributed by atoms with van der Waals surface area (Å²) in [6.45, 7) is 5.49. The van der Waals surface area contributed by atoms with Crippen LogP contribution in [-0.2, 0) is 4.79 Å². The fourth-order valence-corrected chi connectivity index (χ4v) is 1.36. The molecule has 0 saturated carbocycles. The Bertz CT molecular complexity index is 364. The van der Waals surface area contributed by atoms with Crippen molar-refractivity contribution >= 4 is 5.78 Å². The van der Waals surface area contributed by atoms with Crippen LogP contribution < -0.4 is 4.74 Å². The first-order valence-corrected chi connectivity index (χ1v) is 5.00. The molecule has 0 saturated heterocycles. The van der Waals surface area contributed by atoms with Gasteiger partial charge in [0, 0.05) is 12.5 Å². The summed E-state index contributed by atoms with van der Waals surface area (Å²) >= 11 is 0. The molecular weight excluding hydrogens is 192 g/mol. The number of methoxy groups -OCH3 is 1. The average molecular weight is 208 g/mol. The Morgan fingerprint density at radius 1 is 1.53 bits per heavy atom. The Kier molecular flexibility index (Phi) is 3.77. The number of carbonyl (C=O) groups is 1. The number of rotatable bonds is 4. The minimum atomic E-state index is -0.189. The van der Waals surface area contributed by atoms with Crippen LogP contribution in [0.1, 0.15) is 37.7 Å². The van der Waals surface area contributed by atoms with Crippen molar-refractivity contribution in [3.05, 3.63) is 17.6 Å². The molecule has 0 spiro atoms. The largest absolute Gasteiger partial charge is 0.481 e. The smallest absolute Gasteiger partial charge is 0.216 e. The second-order valence-electron chi connectivity index (χ2n) is 3.42. The Morgan fingerprint density at radius 2 is 2.20 bits per heavy atom. The molecule has 0 aliphatic heterocycles. The summed E-state index contributed by atoms with van der Waals surface area (Å²) in [7, 11) is 1.55. The number of nitrogens with zero attached hydrogens (tertiary/aromatic N) is 2. The number of ether oxygens (including phenoxy) is 1. The molecule has 0 radical (unpaired) electrons. The standard InChI is InChI=1S/C11H16N2O2/c1-5-10(14)7(2)9-6-11(15-4)13-8(3)12-9/h6-7H,5H2,1-4H3. The Hall–Kier alpha value is -1.45. The zero-order valence-corrected chi connectivity index (χ0v) is 9.57. The molecule has 1 atom stereocenters. The fraction of sp³-hybridized carbons (Fsp3) is 0.545. The van der Waals surface area contributed by atoms with Gasteiger partial charge in [0.15, 0.2) is 0 Å². The van der Waals surface area contributed by atoms with E-state index in [2.05, 4.69) is 9.97 Å². The highest BCUT2D eigenvalue weighted by Crippen LogP contribution is 2.19. The number of hydrogen-bond acceptors (Lipinski definition) is 4. The van der Waals surface area contributed by atoms with Crippen LogP contribution in [0.5, 0.6) is 5.88 Å². The molecule has 1 aromatic rings. The van der Waals surface area contributed by atoms with Gasteiger partial charge in [0.25, 0.3) is 0 Å². The van der Waals surface area contributed by atoms with Gasteiger partial charge in [-0.3, -0.25) is 4.79 Å². The molecule has 1 heterocycles. The number of aromatic nitrogens is 2. The van der Waals surface area contributed by atoms with E-state index in [-0.39, 0.29) is 11.7 Å². The van der Waals surface area contributed by atoms with Crippen molar-refractivity contribution in [1.82, 2.24) is 9.97 Å². The SMILES string of the molecule is CCC(=O)C(C)c1cc(OC)nc(C)n1. The maximum atomic E-state index is 11.5. The normalized spacial score (nSPS) is 12.3. The highest BCUT2D eigenvalue weighted by atomic mass is 16.5. The lowest BCUT2D eigenvalue weighted by molar-refractivity contribution is -0.119. The van der Waals surface area contributed by atoms with E-state index in [1.54, 1.807) is 20.1 Å². The van der Waals surface area contributed by atoms with Crippen molar-refractivity contribution in [1.29, 1.82) is 0 Å². The Morgan fingerprint density at radius 3 is 2.73 bits per heavy atom. The molecule has 0 bridgehead atoms.